The lowest BCUT2D eigenvalue weighted by molar-refractivity contribution is -0.155. The summed E-state index contributed by atoms with van der Waals surface area (Å²) < 4.78 is 48.2. The van der Waals surface area contributed by atoms with Crippen molar-refractivity contribution in [2.24, 2.45) is 5.92 Å². The molecule has 2 fully saturated rings. The molecule has 0 aromatic carbocycles. The van der Waals surface area contributed by atoms with Crippen LogP contribution in [0.5, 0.6) is 0 Å². The van der Waals surface area contributed by atoms with Gasteiger partial charge in [-0.05, 0) is 50.3 Å². The molecule has 11 heteroatoms. The lowest BCUT2D eigenvalue weighted by Crippen LogP contribution is -2.76. The quantitative estimate of drug-likeness (QED) is 0.597. The number of fused-ring (bicyclic) bond motifs is 3. The molecule has 5 rings (SSSR count). The number of piperidine rings is 1. The summed E-state index contributed by atoms with van der Waals surface area (Å²) in [6, 6.07) is 4.31. The first-order valence-corrected chi connectivity index (χ1v) is 11.1. The van der Waals surface area contributed by atoms with Gasteiger partial charge in [-0.1, -0.05) is 6.92 Å². The highest BCUT2D eigenvalue weighted by Gasteiger charge is 2.61. The molecular weight excluding hydrogens is 449 g/mol. The number of nitrogens with zero attached hydrogens (tertiary/aromatic N) is 5. The van der Waals surface area contributed by atoms with Crippen LogP contribution in [0.15, 0.2) is 36.8 Å². The van der Waals surface area contributed by atoms with E-state index in [1.165, 1.54) is 16.8 Å². The normalized spacial score (nSPS) is 25.2. The van der Waals surface area contributed by atoms with E-state index in [0.29, 0.717) is 17.6 Å². The van der Waals surface area contributed by atoms with Crippen LogP contribution in [0.4, 0.5) is 23.8 Å². The van der Waals surface area contributed by atoms with E-state index in [4.69, 9.17) is 4.74 Å². The Labute approximate surface area is 194 Å². The minimum absolute atomic E-state index is 0.00226. The molecule has 1 aliphatic carbocycles. The van der Waals surface area contributed by atoms with Crippen molar-refractivity contribution < 1.29 is 22.7 Å². The Balaban J connectivity index is 1.48. The van der Waals surface area contributed by atoms with Gasteiger partial charge in [-0.3, -0.25) is 5.32 Å². The maximum absolute atomic E-state index is 13.7. The lowest BCUT2D eigenvalue weighted by atomic mass is 9.62. The van der Waals surface area contributed by atoms with E-state index < -0.39 is 23.3 Å². The number of methoxy groups -OCH3 is 1. The first kappa shape index (κ1) is 22.6. The molecular formula is C23H25F3N6O2. The standard InChI is InChI=1S/C23H25F3N6O2/c1-13-7-16-10-22(9-13,14(2)34-3)32(16)21(33)29-19-8-17(18(12-27-19)23(24,25)26)20-28-11-15-5-4-6-31(15)30-20/h4-6,8,11-14,16H,7,9-10H2,1-3H3,(H,27,29,33)/t13-,14-,16-,22+/m1/s1. The molecule has 4 atom stereocenters. The first-order chi connectivity index (χ1) is 16.1. The number of carbonyl (C=O) groups excluding carboxylic acids is 1. The average molecular weight is 474 g/mol. The maximum atomic E-state index is 13.7. The van der Waals surface area contributed by atoms with Crippen LogP contribution < -0.4 is 5.32 Å². The molecule has 3 aromatic heterocycles. The van der Waals surface area contributed by atoms with Crippen molar-refractivity contribution in [2.75, 3.05) is 12.4 Å². The molecule has 1 saturated carbocycles. The van der Waals surface area contributed by atoms with Crippen LogP contribution in [0.25, 0.3) is 16.9 Å². The van der Waals surface area contributed by atoms with Crippen LogP contribution in [0.2, 0.25) is 0 Å². The fourth-order valence-corrected chi connectivity index (χ4v) is 5.55. The minimum atomic E-state index is -4.66. The maximum Gasteiger partial charge on any atom is 0.418 e. The fraction of sp³-hybridized carbons (Fsp3) is 0.478. The molecule has 0 radical (unpaired) electrons. The highest BCUT2D eigenvalue weighted by molar-refractivity contribution is 5.91. The summed E-state index contributed by atoms with van der Waals surface area (Å²) in [6.45, 7) is 4.10. The van der Waals surface area contributed by atoms with Gasteiger partial charge in [0.15, 0.2) is 5.82 Å². The van der Waals surface area contributed by atoms with Crippen LogP contribution in [0.3, 0.4) is 0 Å². The largest absolute Gasteiger partial charge is 0.418 e. The van der Waals surface area contributed by atoms with Crippen molar-refractivity contribution in [3.8, 4) is 11.4 Å². The lowest BCUT2D eigenvalue weighted by Gasteiger charge is -2.65. The van der Waals surface area contributed by atoms with E-state index in [2.05, 4.69) is 27.3 Å². The molecule has 1 aliphatic heterocycles. The number of urea groups is 1. The van der Waals surface area contributed by atoms with Crippen molar-refractivity contribution >= 4 is 17.4 Å². The van der Waals surface area contributed by atoms with E-state index in [-0.39, 0.29) is 29.4 Å². The van der Waals surface area contributed by atoms with Crippen molar-refractivity contribution in [1.82, 2.24) is 24.5 Å². The van der Waals surface area contributed by atoms with Crippen molar-refractivity contribution in [1.29, 1.82) is 0 Å². The highest BCUT2D eigenvalue weighted by atomic mass is 19.4. The van der Waals surface area contributed by atoms with Gasteiger partial charge in [0.05, 0.1) is 28.9 Å². The van der Waals surface area contributed by atoms with Gasteiger partial charge in [0, 0.05) is 31.1 Å². The number of halogens is 3. The van der Waals surface area contributed by atoms with E-state index in [1.807, 2.05) is 6.92 Å². The Morgan fingerprint density at radius 1 is 1.29 bits per heavy atom. The second kappa shape index (κ2) is 7.93. The summed E-state index contributed by atoms with van der Waals surface area (Å²) >= 11 is 0. The van der Waals surface area contributed by atoms with Crippen LogP contribution in [0.1, 0.15) is 38.7 Å². The van der Waals surface area contributed by atoms with Gasteiger partial charge in [0.2, 0.25) is 0 Å². The molecule has 1 saturated heterocycles. The number of aromatic nitrogens is 4. The fourth-order valence-electron chi connectivity index (χ4n) is 5.55. The third kappa shape index (κ3) is 3.58. The number of alkyl halides is 3. The Kier molecular flexibility index (Phi) is 5.27. The van der Waals surface area contributed by atoms with Crippen LogP contribution in [0, 0.1) is 5.92 Å². The number of anilines is 1. The van der Waals surface area contributed by atoms with Crippen LogP contribution in [-0.4, -0.2) is 55.3 Å². The topological polar surface area (TPSA) is 84.7 Å². The highest BCUT2D eigenvalue weighted by Crippen LogP contribution is 2.52. The average Bonchev–Trinajstić information content (AvgIpc) is 3.25. The van der Waals surface area contributed by atoms with Crippen molar-refractivity contribution in [3.63, 3.8) is 0 Å². The minimum Gasteiger partial charge on any atom is -0.379 e. The Hall–Kier alpha value is -3.21. The van der Waals surface area contributed by atoms with Gasteiger partial charge < -0.3 is 9.64 Å². The molecule has 2 amide bonds. The molecule has 3 aromatic rings. The number of ether oxygens (including phenoxy) is 1. The van der Waals surface area contributed by atoms with Crippen LogP contribution >= 0.6 is 0 Å². The monoisotopic (exact) mass is 474 g/mol. The predicted octanol–water partition coefficient (Wildman–Crippen LogP) is 4.62. The van der Waals surface area contributed by atoms with E-state index in [9.17, 15) is 18.0 Å². The zero-order valence-electron chi connectivity index (χ0n) is 19.0. The van der Waals surface area contributed by atoms with Crippen molar-refractivity contribution in [2.45, 2.75) is 57.0 Å². The Morgan fingerprint density at radius 3 is 2.82 bits per heavy atom. The van der Waals surface area contributed by atoms with Gasteiger partial charge in [-0.2, -0.15) is 13.2 Å². The number of nitrogens with one attached hydrogen (secondary N) is 1. The number of hydrogen-bond acceptors (Lipinski definition) is 5. The van der Waals surface area contributed by atoms with Gasteiger partial charge in [-0.25, -0.2) is 19.3 Å². The van der Waals surface area contributed by atoms with Gasteiger partial charge in [0.25, 0.3) is 0 Å². The predicted molar refractivity (Wildman–Crippen MR) is 118 cm³/mol. The Morgan fingerprint density at radius 2 is 2.09 bits per heavy atom. The summed E-state index contributed by atoms with van der Waals surface area (Å²) in [6.07, 6.45) is 1.47. The molecule has 0 spiro atoms. The second-order valence-corrected chi connectivity index (χ2v) is 9.26. The summed E-state index contributed by atoms with van der Waals surface area (Å²) in [7, 11) is 1.62. The first-order valence-electron chi connectivity index (χ1n) is 11.1. The summed E-state index contributed by atoms with van der Waals surface area (Å²) in [4.78, 5) is 23.0. The number of carbonyl (C=O) groups is 1. The SMILES string of the molecule is CO[C@H](C)[C@]12C[C@H](C)C[C@H](C1)N2C(=O)Nc1cc(-c2ncc3cccn3n2)c(C(F)(F)F)cn1. The van der Waals surface area contributed by atoms with E-state index in [0.717, 1.165) is 19.3 Å². The summed E-state index contributed by atoms with van der Waals surface area (Å²) in [5, 5.41) is 6.90. The molecule has 0 unspecified atom stereocenters. The summed E-state index contributed by atoms with van der Waals surface area (Å²) in [5.74, 6) is 0.340. The Bertz CT molecular complexity index is 1240. The molecule has 2 aliphatic rings. The number of hydrogen-bond donors (Lipinski definition) is 1. The number of likely N-dealkylation sites (tertiary alicyclic amines) is 1. The zero-order valence-corrected chi connectivity index (χ0v) is 19.0. The number of amides is 2. The van der Waals surface area contributed by atoms with Gasteiger partial charge in [-0.15, -0.1) is 5.10 Å². The van der Waals surface area contributed by atoms with E-state index >= 15 is 0 Å². The molecule has 180 valence electrons. The zero-order chi connectivity index (χ0) is 24.3. The van der Waals surface area contributed by atoms with Crippen molar-refractivity contribution in [3.05, 3.63) is 42.4 Å². The van der Waals surface area contributed by atoms with Gasteiger partial charge in [0.1, 0.15) is 5.82 Å². The van der Waals surface area contributed by atoms with Gasteiger partial charge >= 0.3 is 12.2 Å². The third-order valence-corrected chi connectivity index (χ3v) is 7.11. The number of pyridine rings is 1. The molecule has 4 heterocycles. The molecule has 1 N–H and O–H groups in total. The van der Waals surface area contributed by atoms with Crippen LogP contribution in [-0.2, 0) is 10.9 Å². The second-order valence-electron chi connectivity index (χ2n) is 9.26. The molecule has 34 heavy (non-hydrogen) atoms. The smallest absolute Gasteiger partial charge is 0.379 e. The van der Waals surface area contributed by atoms with E-state index in [1.54, 1.807) is 30.3 Å². The summed E-state index contributed by atoms with van der Waals surface area (Å²) in [5.41, 5.74) is -1.02. The number of rotatable bonds is 4. The third-order valence-electron chi connectivity index (χ3n) is 7.11. The molecule has 2 bridgehead atoms. The molecule has 8 nitrogen and oxygen atoms in total.